The molecule has 8 heteroatoms. The summed E-state index contributed by atoms with van der Waals surface area (Å²) in [6, 6.07) is 0. The number of hydrogen-bond donors (Lipinski definition) is 1. The molecule has 106 valence electrons. The number of alkyl halides is 3. The van der Waals surface area contributed by atoms with Crippen LogP contribution >= 0.6 is 0 Å². The summed E-state index contributed by atoms with van der Waals surface area (Å²) in [6.45, 7) is -0.216. The number of nitrogens with zero attached hydrogens (tertiary/aromatic N) is 3. The summed E-state index contributed by atoms with van der Waals surface area (Å²) in [4.78, 5) is 16.5. The van der Waals surface area contributed by atoms with E-state index in [0.29, 0.717) is 5.82 Å². The summed E-state index contributed by atoms with van der Waals surface area (Å²) < 4.78 is 40.6. The second-order valence-corrected chi connectivity index (χ2v) is 4.80. The molecule has 5 nitrogen and oxygen atoms in total. The minimum absolute atomic E-state index is 0.0959. The van der Waals surface area contributed by atoms with Crippen molar-refractivity contribution in [3.05, 3.63) is 18.2 Å². The highest BCUT2D eigenvalue weighted by molar-refractivity contribution is 5.76. The van der Waals surface area contributed by atoms with Crippen LogP contribution in [0.15, 0.2) is 12.4 Å². The molecular weight excluding hydrogens is 263 g/mol. The number of aromatic nitrogens is 2. The zero-order valence-corrected chi connectivity index (χ0v) is 10.3. The van der Waals surface area contributed by atoms with Crippen molar-refractivity contribution in [1.29, 1.82) is 0 Å². The molecular formula is C11H14F3N3O2. The second kappa shape index (κ2) is 4.52. The predicted molar refractivity (Wildman–Crippen MR) is 59.2 cm³/mol. The highest BCUT2D eigenvalue weighted by atomic mass is 19.4. The average Bonchev–Trinajstić information content (AvgIpc) is 2.87. The largest absolute Gasteiger partial charge is 0.481 e. The van der Waals surface area contributed by atoms with Crippen molar-refractivity contribution in [3.8, 4) is 0 Å². The molecule has 1 atom stereocenters. The number of halogens is 3. The van der Waals surface area contributed by atoms with E-state index in [1.807, 2.05) is 0 Å². The number of likely N-dealkylation sites (tertiary alicyclic amines) is 1. The third kappa shape index (κ3) is 2.32. The lowest BCUT2D eigenvalue weighted by atomic mass is 9.86. The number of imidazole rings is 1. The standard InChI is InChI=1S/C11H14F3N3O2/c1-16-5-3-15-8(16)6-17-4-2-10(7-17,9(18)19)11(12,13)14/h3,5H,2,4,6-7H2,1H3,(H,18,19). The van der Waals surface area contributed by atoms with Crippen LogP contribution in [0.5, 0.6) is 0 Å². The van der Waals surface area contributed by atoms with E-state index in [0.717, 1.165) is 0 Å². The van der Waals surface area contributed by atoms with Gasteiger partial charge in [-0.1, -0.05) is 0 Å². The number of rotatable bonds is 3. The fraction of sp³-hybridized carbons (Fsp3) is 0.636. The third-order valence-electron chi connectivity index (χ3n) is 3.59. The Labute approximate surface area is 107 Å². The number of carboxylic acid groups (broad SMARTS) is 1. The summed E-state index contributed by atoms with van der Waals surface area (Å²) >= 11 is 0. The molecule has 1 aliphatic heterocycles. The van der Waals surface area contributed by atoms with Crippen LogP contribution in [-0.2, 0) is 18.4 Å². The molecule has 0 amide bonds. The zero-order valence-electron chi connectivity index (χ0n) is 10.3. The Bertz CT molecular complexity index is 486. The Balaban J connectivity index is 2.14. The molecule has 0 radical (unpaired) electrons. The quantitative estimate of drug-likeness (QED) is 0.903. The van der Waals surface area contributed by atoms with E-state index in [1.54, 1.807) is 24.0 Å². The fourth-order valence-corrected chi connectivity index (χ4v) is 2.30. The van der Waals surface area contributed by atoms with Gasteiger partial charge >= 0.3 is 12.1 Å². The average molecular weight is 277 g/mol. The molecule has 1 unspecified atom stereocenters. The molecule has 2 rings (SSSR count). The monoisotopic (exact) mass is 277 g/mol. The summed E-state index contributed by atoms with van der Waals surface area (Å²) in [7, 11) is 1.74. The molecule has 0 saturated carbocycles. The molecule has 0 aromatic carbocycles. The lowest BCUT2D eigenvalue weighted by Crippen LogP contribution is -2.47. The minimum Gasteiger partial charge on any atom is -0.481 e. The first-order valence-corrected chi connectivity index (χ1v) is 5.75. The van der Waals surface area contributed by atoms with Crippen molar-refractivity contribution < 1.29 is 23.1 Å². The van der Waals surface area contributed by atoms with Crippen molar-refractivity contribution in [3.63, 3.8) is 0 Å². The summed E-state index contributed by atoms with van der Waals surface area (Å²) in [5, 5.41) is 8.93. The number of aryl methyl sites for hydroxylation is 1. The molecule has 1 N–H and O–H groups in total. The maximum atomic E-state index is 13.0. The smallest absolute Gasteiger partial charge is 0.406 e. The van der Waals surface area contributed by atoms with E-state index in [9.17, 15) is 18.0 Å². The summed E-state index contributed by atoms with van der Waals surface area (Å²) in [5.41, 5.74) is -2.65. The molecule has 0 aliphatic carbocycles. The molecule has 1 aliphatic rings. The Morgan fingerprint density at radius 1 is 1.58 bits per heavy atom. The van der Waals surface area contributed by atoms with Crippen LogP contribution in [0.1, 0.15) is 12.2 Å². The number of carbonyl (C=O) groups is 1. The van der Waals surface area contributed by atoms with Crippen LogP contribution in [0.25, 0.3) is 0 Å². The van der Waals surface area contributed by atoms with Gasteiger partial charge in [-0.25, -0.2) is 4.98 Å². The maximum absolute atomic E-state index is 13.0. The van der Waals surface area contributed by atoms with Crippen molar-refractivity contribution in [2.45, 2.75) is 19.1 Å². The third-order valence-corrected chi connectivity index (χ3v) is 3.59. The lowest BCUT2D eigenvalue weighted by molar-refractivity contribution is -0.227. The SMILES string of the molecule is Cn1ccnc1CN1CCC(C(=O)O)(C(F)(F)F)C1. The van der Waals surface area contributed by atoms with Gasteiger partial charge in [0.1, 0.15) is 5.82 Å². The number of aliphatic carboxylic acids is 1. The minimum atomic E-state index is -4.74. The van der Waals surface area contributed by atoms with E-state index in [1.165, 1.54) is 4.90 Å². The van der Waals surface area contributed by atoms with Gasteiger partial charge in [0.05, 0.1) is 6.54 Å². The molecule has 1 saturated heterocycles. The molecule has 1 aromatic rings. The van der Waals surface area contributed by atoms with Crippen LogP contribution in [0.3, 0.4) is 0 Å². The highest BCUT2D eigenvalue weighted by Gasteiger charge is 2.63. The number of hydrogen-bond acceptors (Lipinski definition) is 3. The van der Waals surface area contributed by atoms with E-state index >= 15 is 0 Å². The van der Waals surface area contributed by atoms with Gasteiger partial charge in [0.15, 0.2) is 5.41 Å². The summed E-state index contributed by atoms with van der Waals surface area (Å²) in [5.74, 6) is -1.19. The van der Waals surface area contributed by atoms with Crippen LogP contribution in [0.2, 0.25) is 0 Å². The van der Waals surface area contributed by atoms with E-state index in [2.05, 4.69) is 4.98 Å². The van der Waals surface area contributed by atoms with E-state index in [-0.39, 0.29) is 13.1 Å². The molecule has 0 spiro atoms. The molecule has 1 aromatic heterocycles. The van der Waals surface area contributed by atoms with E-state index in [4.69, 9.17) is 5.11 Å². The summed E-state index contributed by atoms with van der Waals surface area (Å²) in [6.07, 6.45) is -1.91. The molecule has 0 bridgehead atoms. The normalized spacial score (nSPS) is 24.8. The second-order valence-electron chi connectivity index (χ2n) is 4.80. The van der Waals surface area contributed by atoms with Gasteiger partial charge in [0.25, 0.3) is 0 Å². The van der Waals surface area contributed by atoms with Gasteiger partial charge in [0, 0.05) is 32.5 Å². The van der Waals surface area contributed by atoms with Gasteiger partial charge in [-0.2, -0.15) is 13.2 Å². The van der Waals surface area contributed by atoms with Crippen LogP contribution < -0.4 is 0 Å². The molecule has 1 fully saturated rings. The van der Waals surface area contributed by atoms with Crippen LogP contribution in [0, 0.1) is 5.41 Å². The van der Waals surface area contributed by atoms with Crippen molar-refractivity contribution in [2.75, 3.05) is 13.1 Å². The Morgan fingerprint density at radius 3 is 2.68 bits per heavy atom. The molecule has 2 heterocycles. The number of carboxylic acids is 1. The van der Waals surface area contributed by atoms with E-state index < -0.39 is 30.5 Å². The van der Waals surface area contributed by atoms with Gasteiger partial charge in [-0.3, -0.25) is 9.69 Å². The van der Waals surface area contributed by atoms with Gasteiger partial charge in [0.2, 0.25) is 0 Å². The Kier molecular flexibility index (Phi) is 3.29. The Morgan fingerprint density at radius 2 is 2.26 bits per heavy atom. The highest BCUT2D eigenvalue weighted by Crippen LogP contribution is 2.45. The molecule has 19 heavy (non-hydrogen) atoms. The van der Waals surface area contributed by atoms with Crippen molar-refractivity contribution in [2.24, 2.45) is 12.5 Å². The predicted octanol–water partition coefficient (Wildman–Crippen LogP) is 1.26. The van der Waals surface area contributed by atoms with Crippen LogP contribution in [0.4, 0.5) is 13.2 Å². The van der Waals surface area contributed by atoms with Crippen LogP contribution in [-0.4, -0.2) is 44.8 Å². The first-order valence-electron chi connectivity index (χ1n) is 5.75. The zero-order chi connectivity index (χ0) is 14.3. The van der Waals surface area contributed by atoms with Crippen molar-refractivity contribution in [1.82, 2.24) is 14.5 Å². The fourth-order valence-electron chi connectivity index (χ4n) is 2.30. The van der Waals surface area contributed by atoms with Gasteiger partial charge in [-0.05, 0) is 6.42 Å². The lowest BCUT2D eigenvalue weighted by Gasteiger charge is -2.27. The Hall–Kier alpha value is -1.57. The van der Waals surface area contributed by atoms with Gasteiger partial charge < -0.3 is 9.67 Å². The first-order chi connectivity index (χ1) is 8.76. The van der Waals surface area contributed by atoms with Gasteiger partial charge in [-0.15, -0.1) is 0 Å². The maximum Gasteiger partial charge on any atom is 0.406 e. The first kappa shape index (κ1) is 13.9. The van der Waals surface area contributed by atoms with Crippen molar-refractivity contribution >= 4 is 5.97 Å². The topological polar surface area (TPSA) is 58.4 Å².